The zero-order chi connectivity index (χ0) is 14.0. The van der Waals surface area contributed by atoms with Gasteiger partial charge in [0.2, 0.25) is 5.91 Å². The van der Waals surface area contributed by atoms with Crippen LogP contribution in [-0.2, 0) is 4.79 Å². The van der Waals surface area contributed by atoms with Gasteiger partial charge in [0.1, 0.15) is 6.04 Å². The van der Waals surface area contributed by atoms with E-state index in [9.17, 15) is 18.4 Å². The number of rotatable bonds is 3. The van der Waals surface area contributed by atoms with Crippen molar-refractivity contribution in [1.82, 2.24) is 10.2 Å². The number of imide groups is 1. The zero-order valence-electron chi connectivity index (χ0n) is 10.3. The quantitative estimate of drug-likeness (QED) is 0.855. The van der Waals surface area contributed by atoms with Gasteiger partial charge in [-0.25, -0.2) is 13.6 Å². The summed E-state index contributed by atoms with van der Waals surface area (Å²) in [6.07, 6.45) is -2.97. The third kappa shape index (κ3) is 2.72. The molecule has 0 bridgehead atoms. The molecule has 19 heavy (non-hydrogen) atoms. The minimum atomic E-state index is -2.70. The first kappa shape index (κ1) is 13.5. The molecule has 0 spiro atoms. The molecule has 4 nitrogen and oxygen atoms in total. The lowest BCUT2D eigenvalue weighted by Crippen LogP contribution is -2.61. The highest BCUT2D eigenvalue weighted by molar-refractivity contribution is 5.99. The summed E-state index contributed by atoms with van der Waals surface area (Å²) in [5.41, 5.74) is 0.845. The van der Waals surface area contributed by atoms with Crippen LogP contribution in [0.15, 0.2) is 30.3 Å². The molecule has 1 aromatic carbocycles. The number of halogens is 2. The minimum absolute atomic E-state index is 0.273. The van der Waals surface area contributed by atoms with Crippen LogP contribution >= 0.6 is 0 Å². The van der Waals surface area contributed by atoms with Crippen LogP contribution in [0, 0.1) is 0 Å². The molecule has 1 saturated heterocycles. The number of hydrogen-bond acceptors (Lipinski definition) is 2. The molecule has 0 aromatic heterocycles. The fourth-order valence-electron chi connectivity index (χ4n) is 1.99. The van der Waals surface area contributed by atoms with E-state index in [0.717, 1.165) is 5.56 Å². The second-order valence-corrected chi connectivity index (χ2v) is 4.45. The Labute approximate surface area is 109 Å². The molecule has 102 valence electrons. The molecule has 2 atom stereocenters. The SMILES string of the molecule is CC(NC(=O)N1C(=O)CC1C(F)F)c1ccccc1. The predicted octanol–water partition coefficient (Wildman–Crippen LogP) is 2.32. The molecule has 0 saturated carbocycles. The van der Waals surface area contributed by atoms with Crippen LogP contribution in [0.2, 0.25) is 0 Å². The molecule has 6 heteroatoms. The van der Waals surface area contributed by atoms with Gasteiger partial charge < -0.3 is 5.32 Å². The topological polar surface area (TPSA) is 49.4 Å². The summed E-state index contributed by atoms with van der Waals surface area (Å²) in [6, 6.07) is 6.68. The Morgan fingerprint density at radius 1 is 1.37 bits per heavy atom. The van der Waals surface area contributed by atoms with Crippen molar-refractivity contribution in [2.45, 2.75) is 31.9 Å². The van der Waals surface area contributed by atoms with Crippen LogP contribution in [-0.4, -0.2) is 29.3 Å². The average molecular weight is 268 g/mol. The van der Waals surface area contributed by atoms with Crippen molar-refractivity contribution < 1.29 is 18.4 Å². The van der Waals surface area contributed by atoms with Crippen LogP contribution in [0.1, 0.15) is 24.9 Å². The summed E-state index contributed by atoms with van der Waals surface area (Å²) in [5.74, 6) is -0.567. The first-order valence-corrected chi connectivity index (χ1v) is 5.96. The second-order valence-electron chi connectivity index (χ2n) is 4.45. The smallest absolute Gasteiger partial charge is 0.325 e. The van der Waals surface area contributed by atoms with E-state index >= 15 is 0 Å². The highest BCUT2D eigenvalue weighted by Crippen LogP contribution is 2.25. The molecule has 1 aliphatic heterocycles. The molecule has 1 N–H and O–H groups in total. The van der Waals surface area contributed by atoms with Crippen molar-refractivity contribution in [3.05, 3.63) is 35.9 Å². The number of nitrogens with zero attached hydrogens (tertiary/aromatic N) is 1. The number of nitrogens with one attached hydrogen (secondary N) is 1. The number of carbonyl (C=O) groups excluding carboxylic acids is 2. The van der Waals surface area contributed by atoms with Gasteiger partial charge in [-0.1, -0.05) is 30.3 Å². The number of benzene rings is 1. The Hall–Kier alpha value is -1.98. The van der Waals surface area contributed by atoms with Crippen LogP contribution in [0.4, 0.5) is 13.6 Å². The van der Waals surface area contributed by atoms with Gasteiger partial charge in [0.15, 0.2) is 0 Å². The number of β-lactam (4-membered cyclic amide) rings is 1. The van der Waals surface area contributed by atoms with Crippen molar-refractivity contribution in [2.75, 3.05) is 0 Å². The van der Waals surface area contributed by atoms with Gasteiger partial charge in [-0.3, -0.25) is 9.69 Å². The van der Waals surface area contributed by atoms with Gasteiger partial charge in [-0.05, 0) is 12.5 Å². The third-order valence-electron chi connectivity index (χ3n) is 3.13. The van der Waals surface area contributed by atoms with Gasteiger partial charge >= 0.3 is 6.03 Å². The Balaban J connectivity index is 1.99. The van der Waals surface area contributed by atoms with Crippen molar-refractivity contribution in [2.24, 2.45) is 0 Å². The van der Waals surface area contributed by atoms with Gasteiger partial charge in [0, 0.05) is 0 Å². The monoisotopic (exact) mass is 268 g/mol. The normalized spacial score (nSPS) is 20.1. The van der Waals surface area contributed by atoms with Gasteiger partial charge in [-0.2, -0.15) is 0 Å². The summed E-state index contributed by atoms with van der Waals surface area (Å²) in [5, 5.41) is 2.55. The number of carbonyl (C=O) groups is 2. The molecule has 0 aliphatic carbocycles. The van der Waals surface area contributed by atoms with E-state index in [1.165, 1.54) is 0 Å². The summed E-state index contributed by atoms with van der Waals surface area (Å²) >= 11 is 0. The first-order chi connectivity index (χ1) is 9.00. The number of alkyl halides is 2. The van der Waals surface area contributed by atoms with E-state index in [0.29, 0.717) is 4.90 Å². The van der Waals surface area contributed by atoms with E-state index < -0.39 is 24.4 Å². The summed E-state index contributed by atoms with van der Waals surface area (Å²) in [6.45, 7) is 1.73. The van der Waals surface area contributed by atoms with E-state index in [4.69, 9.17) is 0 Å². The molecule has 3 amide bonds. The Kier molecular flexibility index (Phi) is 3.78. The fraction of sp³-hybridized carbons (Fsp3) is 0.385. The first-order valence-electron chi connectivity index (χ1n) is 5.96. The molecule has 2 unspecified atom stereocenters. The van der Waals surface area contributed by atoms with Crippen LogP contribution in [0.3, 0.4) is 0 Å². The van der Waals surface area contributed by atoms with Crippen molar-refractivity contribution in [3.8, 4) is 0 Å². The van der Waals surface area contributed by atoms with Crippen molar-refractivity contribution >= 4 is 11.9 Å². The molecular weight excluding hydrogens is 254 g/mol. The number of likely N-dealkylation sites (tertiary alicyclic amines) is 1. The zero-order valence-corrected chi connectivity index (χ0v) is 10.3. The highest BCUT2D eigenvalue weighted by Gasteiger charge is 2.46. The van der Waals surface area contributed by atoms with Crippen LogP contribution in [0.25, 0.3) is 0 Å². The maximum Gasteiger partial charge on any atom is 0.325 e. The summed E-state index contributed by atoms with van der Waals surface area (Å²) < 4.78 is 25.1. The Bertz CT molecular complexity index is 479. The molecule has 1 heterocycles. The number of hydrogen-bond donors (Lipinski definition) is 1. The lowest BCUT2D eigenvalue weighted by molar-refractivity contribution is -0.147. The van der Waals surface area contributed by atoms with E-state index in [-0.39, 0.29) is 12.5 Å². The van der Waals surface area contributed by atoms with Gasteiger partial charge in [0.05, 0.1) is 12.5 Å². The van der Waals surface area contributed by atoms with Crippen LogP contribution in [0.5, 0.6) is 0 Å². The Morgan fingerprint density at radius 2 is 2.00 bits per heavy atom. The minimum Gasteiger partial charge on any atom is -0.331 e. The standard InChI is InChI=1S/C13H14F2N2O2/c1-8(9-5-3-2-4-6-9)16-13(19)17-10(12(14)15)7-11(17)18/h2-6,8,10,12H,7H2,1H3,(H,16,19). The summed E-state index contributed by atoms with van der Waals surface area (Å²) in [7, 11) is 0. The molecule has 1 aliphatic rings. The lowest BCUT2D eigenvalue weighted by Gasteiger charge is -2.38. The van der Waals surface area contributed by atoms with Gasteiger partial charge in [0.25, 0.3) is 6.43 Å². The second kappa shape index (κ2) is 5.34. The van der Waals surface area contributed by atoms with E-state index in [2.05, 4.69) is 5.32 Å². The predicted molar refractivity (Wildman–Crippen MR) is 64.6 cm³/mol. The molecule has 2 rings (SSSR count). The Morgan fingerprint density at radius 3 is 2.53 bits per heavy atom. The number of urea groups is 1. The largest absolute Gasteiger partial charge is 0.331 e. The van der Waals surface area contributed by atoms with Crippen molar-refractivity contribution in [1.29, 1.82) is 0 Å². The van der Waals surface area contributed by atoms with Crippen molar-refractivity contribution in [3.63, 3.8) is 0 Å². The van der Waals surface area contributed by atoms with E-state index in [1.807, 2.05) is 30.3 Å². The lowest BCUT2D eigenvalue weighted by atomic mass is 10.0. The molecular formula is C13H14F2N2O2. The highest BCUT2D eigenvalue weighted by atomic mass is 19.3. The van der Waals surface area contributed by atoms with Gasteiger partial charge in [-0.15, -0.1) is 0 Å². The van der Waals surface area contributed by atoms with Crippen LogP contribution < -0.4 is 5.32 Å². The summed E-state index contributed by atoms with van der Waals surface area (Å²) in [4.78, 5) is 23.6. The molecule has 1 aromatic rings. The molecule has 1 fully saturated rings. The maximum absolute atomic E-state index is 12.6. The average Bonchev–Trinajstić information content (AvgIpc) is 2.36. The molecule has 0 radical (unpaired) electrons. The maximum atomic E-state index is 12.6. The third-order valence-corrected chi connectivity index (χ3v) is 3.13. The fourth-order valence-corrected chi connectivity index (χ4v) is 1.99. The number of amides is 3. The van der Waals surface area contributed by atoms with E-state index in [1.54, 1.807) is 6.92 Å².